The van der Waals surface area contributed by atoms with Crippen LogP contribution in [0.1, 0.15) is 27.6 Å². The van der Waals surface area contributed by atoms with Crippen molar-refractivity contribution in [1.29, 1.82) is 0 Å². The normalized spacial score (nSPS) is 11.6. The first-order chi connectivity index (χ1) is 15.6. The highest BCUT2D eigenvalue weighted by atomic mass is 32.1. The van der Waals surface area contributed by atoms with Crippen LogP contribution in [0.15, 0.2) is 69.4 Å². The molecule has 5 rings (SSSR count). The molecule has 32 heavy (non-hydrogen) atoms. The Morgan fingerprint density at radius 3 is 2.88 bits per heavy atom. The Bertz CT molecular complexity index is 1370. The number of aryl methyl sites for hydroxylation is 1. The summed E-state index contributed by atoms with van der Waals surface area (Å²) >= 11 is 1.69. The molecule has 0 saturated carbocycles. The lowest BCUT2D eigenvalue weighted by Gasteiger charge is -2.21. The molecule has 1 N–H and O–H groups in total. The van der Waals surface area contributed by atoms with Crippen LogP contribution in [0.2, 0.25) is 0 Å². The van der Waals surface area contributed by atoms with Crippen LogP contribution in [0.25, 0.3) is 10.9 Å². The monoisotopic (exact) mass is 446 g/mol. The highest BCUT2D eigenvalue weighted by molar-refractivity contribution is 7.09. The molecule has 0 radical (unpaired) electrons. The van der Waals surface area contributed by atoms with Gasteiger partial charge < -0.3 is 9.40 Å². The maximum absolute atomic E-state index is 12.8. The summed E-state index contributed by atoms with van der Waals surface area (Å²) in [6, 6.07) is 15.9. The number of aromatic nitrogens is 5. The third-order valence-electron chi connectivity index (χ3n) is 5.29. The number of aromatic amines is 1. The number of thiophene rings is 1. The average Bonchev–Trinajstić information content (AvgIpc) is 3.54. The average molecular weight is 447 g/mol. The summed E-state index contributed by atoms with van der Waals surface area (Å²) in [5.74, 6) is 1.50. The van der Waals surface area contributed by atoms with Crippen LogP contribution in [0.5, 0.6) is 0 Å². The van der Waals surface area contributed by atoms with Gasteiger partial charge in [-0.15, -0.1) is 16.4 Å². The summed E-state index contributed by atoms with van der Waals surface area (Å²) in [5.41, 5.74) is 2.64. The van der Waals surface area contributed by atoms with E-state index in [4.69, 9.17) is 4.42 Å². The third kappa shape index (κ3) is 4.53. The first-order valence-corrected chi connectivity index (χ1v) is 11.2. The minimum atomic E-state index is -0.0762. The molecule has 1 aromatic carbocycles. The Balaban J connectivity index is 1.43. The van der Waals surface area contributed by atoms with Gasteiger partial charge in [-0.3, -0.25) is 9.69 Å². The number of nitrogens with one attached hydrogen (secondary N) is 1. The van der Waals surface area contributed by atoms with E-state index in [2.05, 4.69) is 42.9 Å². The van der Waals surface area contributed by atoms with Gasteiger partial charge in [-0.1, -0.05) is 17.7 Å². The van der Waals surface area contributed by atoms with Crippen molar-refractivity contribution in [3.05, 3.63) is 98.1 Å². The van der Waals surface area contributed by atoms with Crippen molar-refractivity contribution in [3.8, 4) is 0 Å². The standard InChI is InChI=1S/C23H22N6O2S/c1-16-6-7-21-17(10-16)11-18(23(30)24-21)12-28(14-20-5-3-9-32-20)15-22-25-26-27-29(22)13-19-4-2-8-31-19/h2-11H,12-15H2,1H3,(H,24,30). The fraction of sp³-hybridized carbons (Fsp3) is 0.217. The van der Waals surface area contributed by atoms with Crippen LogP contribution < -0.4 is 5.56 Å². The van der Waals surface area contributed by atoms with Gasteiger partial charge in [-0.2, -0.15) is 0 Å². The Hall–Kier alpha value is -3.56. The molecule has 0 saturated heterocycles. The van der Waals surface area contributed by atoms with E-state index in [1.807, 2.05) is 43.3 Å². The van der Waals surface area contributed by atoms with E-state index in [1.165, 1.54) is 4.88 Å². The summed E-state index contributed by atoms with van der Waals surface area (Å²) in [7, 11) is 0. The fourth-order valence-corrected chi connectivity index (χ4v) is 4.48. The number of furan rings is 1. The Morgan fingerprint density at radius 2 is 2.06 bits per heavy atom. The number of nitrogens with zero attached hydrogens (tertiary/aromatic N) is 5. The first kappa shape index (κ1) is 20.3. The van der Waals surface area contributed by atoms with Gasteiger partial charge in [0.2, 0.25) is 0 Å². The first-order valence-electron chi connectivity index (χ1n) is 10.3. The Labute approximate surface area is 188 Å². The Morgan fingerprint density at radius 1 is 1.12 bits per heavy atom. The number of benzene rings is 1. The molecular formula is C23H22N6O2S. The quantitative estimate of drug-likeness (QED) is 0.390. The number of rotatable bonds is 8. The molecule has 4 aromatic heterocycles. The molecule has 0 aliphatic rings. The molecule has 162 valence electrons. The highest BCUT2D eigenvalue weighted by Crippen LogP contribution is 2.18. The van der Waals surface area contributed by atoms with Crippen molar-refractivity contribution in [2.24, 2.45) is 0 Å². The largest absolute Gasteiger partial charge is 0.467 e. The number of pyridine rings is 1. The number of H-pyrrole nitrogens is 1. The predicted molar refractivity (Wildman–Crippen MR) is 122 cm³/mol. The lowest BCUT2D eigenvalue weighted by Crippen LogP contribution is -2.27. The number of hydrogen-bond acceptors (Lipinski definition) is 7. The second-order valence-corrected chi connectivity index (χ2v) is 8.80. The van der Waals surface area contributed by atoms with Crippen molar-refractivity contribution >= 4 is 22.2 Å². The van der Waals surface area contributed by atoms with Crippen LogP contribution in [-0.4, -0.2) is 30.1 Å². The van der Waals surface area contributed by atoms with Crippen LogP contribution in [0.3, 0.4) is 0 Å². The van der Waals surface area contributed by atoms with Gasteiger partial charge in [-0.25, -0.2) is 4.68 Å². The van der Waals surface area contributed by atoms with Gasteiger partial charge >= 0.3 is 0 Å². The summed E-state index contributed by atoms with van der Waals surface area (Å²) < 4.78 is 7.17. The molecule has 0 spiro atoms. The van der Waals surface area contributed by atoms with Crippen molar-refractivity contribution < 1.29 is 4.42 Å². The molecule has 8 nitrogen and oxygen atoms in total. The number of fused-ring (bicyclic) bond motifs is 1. The molecule has 5 aromatic rings. The third-order valence-corrected chi connectivity index (χ3v) is 6.15. The SMILES string of the molecule is Cc1ccc2[nH]c(=O)c(CN(Cc3cccs3)Cc3nnnn3Cc3ccco3)cc2c1. The molecule has 0 atom stereocenters. The molecule has 0 aliphatic heterocycles. The van der Waals surface area contributed by atoms with Gasteiger partial charge in [0.15, 0.2) is 5.82 Å². The summed E-state index contributed by atoms with van der Waals surface area (Å²) in [6.45, 7) is 4.17. The molecule has 9 heteroatoms. The lowest BCUT2D eigenvalue weighted by atomic mass is 10.1. The van der Waals surface area contributed by atoms with E-state index in [0.29, 0.717) is 37.6 Å². The maximum Gasteiger partial charge on any atom is 0.252 e. The van der Waals surface area contributed by atoms with E-state index in [9.17, 15) is 4.79 Å². The van der Waals surface area contributed by atoms with Gasteiger partial charge in [0.05, 0.1) is 12.8 Å². The number of tetrazole rings is 1. The topological polar surface area (TPSA) is 92.8 Å². The van der Waals surface area contributed by atoms with Crippen LogP contribution in [0, 0.1) is 6.92 Å². The fourth-order valence-electron chi connectivity index (χ4n) is 3.73. The van der Waals surface area contributed by atoms with E-state index >= 15 is 0 Å². The van der Waals surface area contributed by atoms with Crippen molar-refractivity contribution in [3.63, 3.8) is 0 Å². The molecule has 4 heterocycles. The molecular weight excluding hydrogens is 424 g/mol. The van der Waals surface area contributed by atoms with Gasteiger partial charge in [0, 0.05) is 29.0 Å². The second-order valence-electron chi connectivity index (χ2n) is 7.77. The van der Waals surface area contributed by atoms with Gasteiger partial charge in [0.25, 0.3) is 5.56 Å². The smallest absolute Gasteiger partial charge is 0.252 e. The van der Waals surface area contributed by atoms with Gasteiger partial charge in [0.1, 0.15) is 12.3 Å². The van der Waals surface area contributed by atoms with E-state index in [0.717, 1.165) is 22.2 Å². The molecule has 0 unspecified atom stereocenters. The van der Waals surface area contributed by atoms with E-state index in [1.54, 1.807) is 22.3 Å². The minimum Gasteiger partial charge on any atom is -0.467 e. The minimum absolute atomic E-state index is 0.0762. The second kappa shape index (κ2) is 8.89. The van der Waals surface area contributed by atoms with Crippen LogP contribution in [0.4, 0.5) is 0 Å². The van der Waals surface area contributed by atoms with Crippen LogP contribution >= 0.6 is 11.3 Å². The predicted octanol–water partition coefficient (Wildman–Crippen LogP) is 3.73. The van der Waals surface area contributed by atoms with Crippen molar-refractivity contribution in [2.45, 2.75) is 33.1 Å². The zero-order valence-corrected chi connectivity index (χ0v) is 18.4. The summed E-state index contributed by atoms with van der Waals surface area (Å²) in [5, 5.41) is 15.3. The highest BCUT2D eigenvalue weighted by Gasteiger charge is 2.17. The van der Waals surface area contributed by atoms with Crippen molar-refractivity contribution in [1.82, 2.24) is 30.1 Å². The summed E-state index contributed by atoms with van der Waals surface area (Å²) in [4.78, 5) is 19.2. The zero-order valence-electron chi connectivity index (χ0n) is 17.6. The Kier molecular flexibility index (Phi) is 5.66. The maximum atomic E-state index is 12.8. The molecule has 0 fully saturated rings. The lowest BCUT2D eigenvalue weighted by molar-refractivity contribution is 0.237. The van der Waals surface area contributed by atoms with Crippen molar-refractivity contribution in [2.75, 3.05) is 0 Å². The van der Waals surface area contributed by atoms with E-state index in [-0.39, 0.29) is 5.56 Å². The molecule has 0 aliphatic carbocycles. The zero-order chi connectivity index (χ0) is 21.9. The van der Waals surface area contributed by atoms with Crippen LogP contribution in [-0.2, 0) is 26.2 Å². The van der Waals surface area contributed by atoms with E-state index < -0.39 is 0 Å². The summed E-state index contributed by atoms with van der Waals surface area (Å²) in [6.07, 6.45) is 1.64. The molecule has 0 bridgehead atoms. The number of hydrogen-bond donors (Lipinski definition) is 1. The van der Waals surface area contributed by atoms with Gasteiger partial charge in [-0.05, 0) is 64.5 Å². The molecule has 0 amide bonds.